The quantitative estimate of drug-likeness (QED) is 0.778. The van der Waals surface area contributed by atoms with Crippen LogP contribution < -0.4 is 0 Å². The van der Waals surface area contributed by atoms with Gasteiger partial charge in [-0.1, -0.05) is 19.8 Å². The van der Waals surface area contributed by atoms with Gasteiger partial charge in [-0.15, -0.1) is 0 Å². The van der Waals surface area contributed by atoms with Gasteiger partial charge in [0, 0.05) is 39.6 Å². The van der Waals surface area contributed by atoms with Crippen LogP contribution in [0.5, 0.6) is 0 Å². The van der Waals surface area contributed by atoms with E-state index in [2.05, 4.69) is 11.8 Å². The molecule has 2 rings (SSSR count). The summed E-state index contributed by atoms with van der Waals surface area (Å²) in [7, 11) is 0. The molecule has 2 aliphatic rings. The van der Waals surface area contributed by atoms with Gasteiger partial charge in [-0.05, 0) is 18.8 Å². The van der Waals surface area contributed by atoms with E-state index in [4.69, 9.17) is 4.74 Å². The monoisotopic (exact) mass is 268 g/mol. The van der Waals surface area contributed by atoms with E-state index in [1.54, 1.807) is 6.92 Å². The van der Waals surface area contributed by atoms with E-state index in [9.17, 15) is 4.79 Å². The van der Waals surface area contributed by atoms with Gasteiger partial charge in [0.1, 0.15) is 0 Å². The zero-order chi connectivity index (χ0) is 13.7. The van der Waals surface area contributed by atoms with Gasteiger partial charge in [-0.3, -0.25) is 9.69 Å². The van der Waals surface area contributed by atoms with Crippen LogP contribution in [0.4, 0.5) is 0 Å². The molecule has 4 nitrogen and oxygen atoms in total. The maximum Gasteiger partial charge on any atom is 0.219 e. The molecular formula is C15H28N2O2. The molecule has 0 aromatic heterocycles. The van der Waals surface area contributed by atoms with E-state index in [1.165, 1.54) is 25.7 Å². The topological polar surface area (TPSA) is 32.8 Å². The predicted octanol–water partition coefficient (Wildman–Crippen LogP) is 1.75. The molecular weight excluding hydrogens is 240 g/mol. The number of hydrogen-bond acceptors (Lipinski definition) is 3. The summed E-state index contributed by atoms with van der Waals surface area (Å²) < 4.78 is 6.05. The number of carbonyl (C=O) groups is 1. The van der Waals surface area contributed by atoms with Crippen molar-refractivity contribution in [2.24, 2.45) is 5.92 Å². The Hall–Kier alpha value is -0.610. The van der Waals surface area contributed by atoms with Gasteiger partial charge < -0.3 is 9.64 Å². The van der Waals surface area contributed by atoms with Crippen LogP contribution in [0.3, 0.4) is 0 Å². The lowest BCUT2D eigenvalue weighted by Gasteiger charge is -2.35. The fourth-order valence-electron chi connectivity index (χ4n) is 3.15. The van der Waals surface area contributed by atoms with Crippen LogP contribution in [-0.2, 0) is 9.53 Å². The van der Waals surface area contributed by atoms with E-state index in [0.29, 0.717) is 6.10 Å². The van der Waals surface area contributed by atoms with Gasteiger partial charge in [0.2, 0.25) is 5.91 Å². The van der Waals surface area contributed by atoms with Crippen LogP contribution in [0.1, 0.15) is 39.5 Å². The molecule has 1 aliphatic heterocycles. The maximum atomic E-state index is 11.2. The molecule has 0 spiro atoms. The zero-order valence-corrected chi connectivity index (χ0v) is 12.4. The molecule has 0 aromatic rings. The Balaban J connectivity index is 1.60. The average Bonchev–Trinajstić information content (AvgIpc) is 2.41. The van der Waals surface area contributed by atoms with E-state index in [1.807, 2.05) is 4.90 Å². The summed E-state index contributed by atoms with van der Waals surface area (Å²) in [6, 6.07) is 0. The van der Waals surface area contributed by atoms with Gasteiger partial charge in [0.15, 0.2) is 0 Å². The van der Waals surface area contributed by atoms with Gasteiger partial charge >= 0.3 is 0 Å². The van der Waals surface area contributed by atoms with Crippen molar-refractivity contribution in [2.75, 3.05) is 39.3 Å². The molecule has 2 fully saturated rings. The molecule has 0 unspecified atom stereocenters. The Morgan fingerprint density at radius 3 is 2.47 bits per heavy atom. The lowest BCUT2D eigenvalue weighted by atomic mass is 9.88. The maximum absolute atomic E-state index is 11.2. The minimum Gasteiger partial charge on any atom is -0.377 e. The second kappa shape index (κ2) is 7.25. The zero-order valence-electron chi connectivity index (χ0n) is 12.4. The molecule has 0 aromatic carbocycles. The van der Waals surface area contributed by atoms with Gasteiger partial charge in [-0.2, -0.15) is 0 Å². The van der Waals surface area contributed by atoms with Crippen LogP contribution >= 0.6 is 0 Å². The first-order chi connectivity index (χ1) is 9.16. The fraction of sp³-hybridized carbons (Fsp3) is 0.933. The molecule has 19 heavy (non-hydrogen) atoms. The Morgan fingerprint density at radius 1 is 1.16 bits per heavy atom. The SMILES string of the molecule is CC(=O)N1CCN(CCO[C@H]2CCCC[C@@H]2C)CC1. The molecule has 1 saturated carbocycles. The fourth-order valence-corrected chi connectivity index (χ4v) is 3.15. The highest BCUT2D eigenvalue weighted by Crippen LogP contribution is 2.26. The number of amides is 1. The Morgan fingerprint density at radius 2 is 1.84 bits per heavy atom. The minimum absolute atomic E-state index is 0.201. The summed E-state index contributed by atoms with van der Waals surface area (Å²) in [5.74, 6) is 0.926. The van der Waals surface area contributed by atoms with Crippen molar-refractivity contribution < 1.29 is 9.53 Å². The van der Waals surface area contributed by atoms with Crippen molar-refractivity contribution >= 4 is 5.91 Å². The molecule has 0 N–H and O–H groups in total. The summed E-state index contributed by atoms with van der Waals surface area (Å²) >= 11 is 0. The summed E-state index contributed by atoms with van der Waals surface area (Å²) in [5.41, 5.74) is 0. The van der Waals surface area contributed by atoms with Crippen molar-refractivity contribution in [2.45, 2.75) is 45.6 Å². The Kier molecular flexibility index (Phi) is 5.64. The van der Waals surface area contributed by atoms with Crippen molar-refractivity contribution in [1.82, 2.24) is 9.80 Å². The van der Waals surface area contributed by atoms with Crippen molar-refractivity contribution in [3.8, 4) is 0 Å². The Labute approximate surface area is 117 Å². The van der Waals surface area contributed by atoms with Gasteiger partial charge in [-0.25, -0.2) is 0 Å². The van der Waals surface area contributed by atoms with Crippen LogP contribution in [0.2, 0.25) is 0 Å². The van der Waals surface area contributed by atoms with Crippen LogP contribution in [0.25, 0.3) is 0 Å². The lowest BCUT2D eigenvalue weighted by Crippen LogP contribution is -2.49. The first kappa shape index (κ1) is 14.8. The summed E-state index contributed by atoms with van der Waals surface area (Å²) in [6.45, 7) is 9.54. The van der Waals surface area contributed by atoms with Gasteiger partial charge in [0.25, 0.3) is 0 Å². The third-order valence-electron chi connectivity index (χ3n) is 4.59. The molecule has 1 amide bonds. The van der Waals surface area contributed by atoms with E-state index < -0.39 is 0 Å². The van der Waals surface area contributed by atoms with Crippen molar-refractivity contribution in [3.63, 3.8) is 0 Å². The van der Waals surface area contributed by atoms with Gasteiger partial charge in [0.05, 0.1) is 12.7 Å². The second-order valence-electron chi connectivity index (χ2n) is 6.02. The number of carbonyl (C=O) groups excluding carboxylic acids is 1. The molecule has 1 heterocycles. The van der Waals surface area contributed by atoms with E-state index in [0.717, 1.165) is 45.2 Å². The second-order valence-corrected chi connectivity index (χ2v) is 6.02. The summed E-state index contributed by atoms with van der Waals surface area (Å²) in [6.07, 6.45) is 5.73. The molecule has 1 saturated heterocycles. The predicted molar refractivity (Wildman–Crippen MR) is 76.1 cm³/mol. The third kappa shape index (κ3) is 4.46. The Bertz CT molecular complexity index is 288. The molecule has 110 valence electrons. The van der Waals surface area contributed by atoms with Crippen LogP contribution in [-0.4, -0.2) is 61.1 Å². The number of ether oxygens (including phenoxy) is 1. The highest BCUT2D eigenvalue weighted by atomic mass is 16.5. The molecule has 0 bridgehead atoms. The smallest absolute Gasteiger partial charge is 0.219 e. The van der Waals surface area contributed by atoms with E-state index >= 15 is 0 Å². The number of nitrogens with zero attached hydrogens (tertiary/aromatic N) is 2. The number of rotatable bonds is 4. The van der Waals surface area contributed by atoms with Crippen molar-refractivity contribution in [1.29, 1.82) is 0 Å². The minimum atomic E-state index is 0.201. The van der Waals surface area contributed by atoms with Crippen molar-refractivity contribution in [3.05, 3.63) is 0 Å². The number of hydrogen-bond donors (Lipinski definition) is 0. The normalized spacial score (nSPS) is 29.5. The summed E-state index contributed by atoms with van der Waals surface area (Å²) in [4.78, 5) is 15.6. The van der Waals surface area contributed by atoms with E-state index in [-0.39, 0.29) is 5.91 Å². The van der Waals surface area contributed by atoms with Crippen LogP contribution in [0.15, 0.2) is 0 Å². The largest absolute Gasteiger partial charge is 0.377 e. The first-order valence-electron chi connectivity index (χ1n) is 7.76. The molecule has 1 aliphatic carbocycles. The highest BCUT2D eigenvalue weighted by Gasteiger charge is 2.22. The number of piperazine rings is 1. The highest BCUT2D eigenvalue weighted by molar-refractivity contribution is 5.73. The molecule has 2 atom stereocenters. The summed E-state index contributed by atoms with van der Waals surface area (Å²) in [5, 5.41) is 0. The molecule has 0 radical (unpaired) electrons. The third-order valence-corrected chi connectivity index (χ3v) is 4.59. The average molecular weight is 268 g/mol. The molecule has 4 heteroatoms. The standard InChI is InChI=1S/C15H28N2O2/c1-13-5-3-4-6-15(13)19-12-11-16-7-9-17(10-8-16)14(2)18/h13,15H,3-12H2,1-2H3/t13-,15-/m0/s1. The van der Waals surface area contributed by atoms with Crippen LogP contribution in [0, 0.1) is 5.92 Å². The lowest BCUT2D eigenvalue weighted by molar-refractivity contribution is -0.130. The first-order valence-corrected chi connectivity index (χ1v) is 7.76.